The van der Waals surface area contributed by atoms with Gasteiger partial charge in [-0.1, -0.05) is 59.8 Å². The second kappa shape index (κ2) is 11.2. The van der Waals surface area contributed by atoms with Crippen LogP contribution in [0, 0.1) is 5.82 Å². The van der Waals surface area contributed by atoms with Gasteiger partial charge in [-0.15, -0.1) is 0 Å². The fraction of sp³-hybridized carbons (Fsp3) is 0.296. The van der Waals surface area contributed by atoms with E-state index in [2.05, 4.69) is 5.16 Å². The molecule has 0 aliphatic heterocycles. The molecule has 0 spiro atoms. The summed E-state index contributed by atoms with van der Waals surface area (Å²) in [4.78, 5) is 2.04. The molecule has 0 aliphatic rings. The summed E-state index contributed by atoms with van der Waals surface area (Å²) in [7, 11) is 3.94. The van der Waals surface area contributed by atoms with Crippen LogP contribution in [0.4, 0.5) is 4.39 Å². The molecule has 1 atom stereocenters. The van der Waals surface area contributed by atoms with Gasteiger partial charge in [0.25, 0.3) is 0 Å². The van der Waals surface area contributed by atoms with E-state index >= 15 is 0 Å². The van der Waals surface area contributed by atoms with Gasteiger partial charge < -0.3 is 20.3 Å². The van der Waals surface area contributed by atoms with E-state index in [1.807, 2.05) is 49.3 Å². The molecular weight excluding hydrogens is 419 g/mol. The molecule has 0 saturated heterocycles. The number of oxime groups is 1. The van der Waals surface area contributed by atoms with Crippen molar-refractivity contribution in [1.29, 1.82) is 0 Å². The highest BCUT2D eigenvalue weighted by Gasteiger charge is 2.34. The molecule has 3 aromatic rings. The van der Waals surface area contributed by atoms with E-state index < -0.39 is 5.60 Å². The van der Waals surface area contributed by atoms with Crippen LogP contribution in [0.3, 0.4) is 0 Å². The van der Waals surface area contributed by atoms with Gasteiger partial charge in [-0.2, -0.15) is 0 Å². The highest BCUT2D eigenvalue weighted by molar-refractivity contribution is 5.82. The van der Waals surface area contributed by atoms with Crippen molar-refractivity contribution in [3.05, 3.63) is 106 Å². The fourth-order valence-corrected chi connectivity index (χ4v) is 4.28. The van der Waals surface area contributed by atoms with Crippen molar-refractivity contribution >= 4 is 6.21 Å². The minimum absolute atomic E-state index is 0.304. The Morgan fingerprint density at radius 2 is 1.67 bits per heavy atom. The summed E-state index contributed by atoms with van der Waals surface area (Å²) in [5.74, 6) is -0.379. The molecule has 5 nitrogen and oxygen atoms in total. The Kier molecular flexibility index (Phi) is 8.33. The molecule has 1 unspecified atom stereocenters. The summed E-state index contributed by atoms with van der Waals surface area (Å²) in [5, 5.41) is 34.9. The summed E-state index contributed by atoms with van der Waals surface area (Å²) in [6.45, 7) is 0.464. The number of aliphatic hydroxyl groups excluding tert-OH is 1. The fourth-order valence-electron chi connectivity index (χ4n) is 4.28. The van der Waals surface area contributed by atoms with Gasteiger partial charge >= 0.3 is 0 Å². The van der Waals surface area contributed by atoms with E-state index in [0.29, 0.717) is 41.5 Å². The average Bonchev–Trinajstić information content (AvgIpc) is 2.80. The highest BCUT2D eigenvalue weighted by atomic mass is 19.1. The predicted molar refractivity (Wildman–Crippen MR) is 128 cm³/mol. The summed E-state index contributed by atoms with van der Waals surface area (Å²) in [6, 6.07) is 19.2. The monoisotopic (exact) mass is 450 g/mol. The standard InChI is InChI=1S/C27H31FN2O3/c1-30(2)16-6-15-27(32,22-10-12-23(28)13-11-22)26-14-9-21(18-29-33)24(25(26)19-31)17-20-7-4-3-5-8-20/h3-5,7-14,18,31-33H,6,15-17,19H2,1-2H3. The maximum Gasteiger partial charge on any atom is 0.123 e. The van der Waals surface area contributed by atoms with Crippen LogP contribution in [0.5, 0.6) is 0 Å². The largest absolute Gasteiger partial charge is 0.411 e. The number of nitrogens with zero attached hydrogens (tertiary/aromatic N) is 2. The summed E-state index contributed by atoms with van der Waals surface area (Å²) >= 11 is 0. The van der Waals surface area contributed by atoms with Crippen molar-refractivity contribution in [1.82, 2.24) is 4.90 Å². The third kappa shape index (κ3) is 5.85. The number of hydrogen-bond acceptors (Lipinski definition) is 5. The molecule has 33 heavy (non-hydrogen) atoms. The molecular formula is C27H31FN2O3. The summed E-state index contributed by atoms with van der Waals surface area (Å²) in [6.07, 6.45) is 2.91. The molecule has 0 radical (unpaired) electrons. The Labute approximate surface area is 194 Å². The molecule has 3 N–H and O–H groups in total. The smallest absolute Gasteiger partial charge is 0.123 e. The van der Waals surface area contributed by atoms with Gasteiger partial charge in [0.05, 0.1) is 12.8 Å². The van der Waals surface area contributed by atoms with Crippen LogP contribution in [0.25, 0.3) is 0 Å². The topological polar surface area (TPSA) is 76.3 Å². The van der Waals surface area contributed by atoms with Gasteiger partial charge in [-0.25, -0.2) is 4.39 Å². The maximum atomic E-state index is 13.7. The van der Waals surface area contributed by atoms with E-state index in [4.69, 9.17) is 0 Å². The van der Waals surface area contributed by atoms with Crippen molar-refractivity contribution in [2.75, 3.05) is 20.6 Å². The molecule has 0 fully saturated rings. The number of halogens is 1. The van der Waals surface area contributed by atoms with Crippen molar-refractivity contribution in [3.8, 4) is 0 Å². The number of aliphatic hydroxyl groups is 2. The molecule has 0 heterocycles. The SMILES string of the molecule is CN(C)CCCC(O)(c1ccc(F)cc1)c1ccc(C=NO)c(Cc2ccccc2)c1CO. The zero-order chi connectivity index (χ0) is 23.8. The Balaban J connectivity index is 2.18. The first-order chi connectivity index (χ1) is 15.9. The Bertz CT molecular complexity index is 1070. The molecule has 0 bridgehead atoms. The summed E-state index contributed by atoms with van der Waals surface area (Å²) in [5.41, 5.74) is 2.73. The molecule has 3 rings (SSSR count). The molecule has 0 aromatic heterocycles. The number of benzene rings is 3. The van der Waals surface area contributed by atoms with Crippen LogP contribution in [-0.2, 0) is 18.6 Å². The van der Waals surface area contributed by atoms with Crippen molar-refractivity contribution < 1.29 is 19.8 Å². The van der Waals surface area contributed by atoms with Crippen LogP contribution in [0.2, 0.25) is 0 Å². The Morgan fingerprint density at radius 1 is 0.970 bits per heavy atom. The third-order valence-corrected chi connectivity index (χ3v) is 5.96. The van der Waals surface area contributed by atoms with Crippen LogP contribution < -0.4 is 0 Å². The van der Waals surface area contributed by atoms with Gasteiger partial charge in [-0.05, 0) is 85.4 Å². The lowest BCUT2D eigenvalue weighted by Crippen LogP contribution is -2.31. The zero-order valence-electron chi connectivity index (χ0n) is 19.1. The third-order valence-electron chi connectivity index (χ3n) is 5.96. The van der Waals surface area contributed by atoms with E-state index in [-0.39, 0.29) is 12.4 Å². The molecule has 0 aliphatic carbocycles. The van der Waals surface area contributed by atoms with Gasteiger partial charge in [0.2, 0.25) is 0 Å². The van der Waals surface area contributed by atoms with E-state index in [1.54, 1.807) is 24.3 Å². The van der Waals surface area contributed by atoms with Gasteiger partial charge in [0, 0.05) is 0 Å². The van der Waals surface area contributed by atoms with E-state index in [9.17, 15) is 19.8 Å². The highest BCUT2D eigenvalue weighted by Crippen LogP contribution is 2.38. The lowest BCUT2D eigenvalue weighted by atomic mass is 9.77. The molecule has 3 aromatic carbocycles. The average molecular weight is 451 g/mol. The van der Waals surface area contributed by atoms with Gasteiger partial charge in [-0.3, -0.25) is 0 Å². The van der Waals surface area contributed by atoms with Crippen LogP contribution >= 0.6 is 0 Å². The number of hydrogen-bond donors (Lipinski definition) is 3. The van der Waals surface area contributed by atoms with E-state index in [1.165, 1.54) is 18.3 Å². The predicted octanol–water partition coefficient (Wildman–Crippen LogP) is 4.29. The Hall–Kier alpha value is -3.06. The molecule has 6 heteroatoms. The molecule has 0 saturated carbocycles. The molecule has 174 valence electrons. The van der Waals surface area contributed by atoms with E-state index in [0.717, 1.165) is 17.7 Å². The normalized spacial score (nSPS) is 13.5. The lowest BCUT2D eigenvalue weighted by Gasteiger charge is -2.33. The first kappa shape index (κ1) is 24.6. The first-order valence-electron chi connectivity index (χ1n) is 11.0. The zero-order valence-corrected chi connectivity index (χ0v) is 19.1. The maximum absolute atomic E-state index is 13.7. The second-order valence-electron chi connectivity index (χ2n) is 8.50. The second-order valence-corrected chi connectivity index (χ2v) is 8.50. The van der Waals surface area contributed by atoms with Gasteiger partial charge in [0.1, 0.15) is 11.4 Å². The van der Waals surface area contributed by atoms with Crippen molar-refractivity contribution in [2.45, 2.75) is 31.5 Å². The van der Waals surface area contributed by atoms with Crippen LogP contribution in [-0.4, -0.2) is 47.2 Å². The van der Waals surface area contributed by atoms with Crippen LogP contribution in [0.15, 0.2) is 71.9 Å². The number of rotatable bonds is 10. The summed E-state index contributed by atoms with van der Waals surface area (Å²) < 4.78 is 13.7. The van der Waals surface area contributed by atoms with Gasteiger partial charge in [0.15, 0.2) is 0 Å². The molecule has 0 amide bonds. The van der Waals surface area contributed by atoms with Crippen LogP contribution in [0.1, 0.15) is 46.2 Å². The quantitative estimate of drug-likeness (QED) is 0.245. The van der Waals surface area contributed by atoms with Crippen molar-refractivity contribution in [3.63, 3.8) is 0 Å². The first-order valence-corrected chi connectivity index (χ1v) is 11.0. The van der Waals surface area contributed by atoms with Crippen molar-refractivity contribution in [2.24, 2.45) is 5.16 Å². The minimum Gasteiger partial charge on any atom is -0.411 e. The Morgan fingerprint density at radius 3 is 2.27 bits per heavy atom. The minimum atomic E-state index is -1.43. The lowest BCUT2D eigenvalue weighted by molar-refractivity contribution is 0.0639.